The molecule has 1 aliphatic heterocycles. The van der Waals surface area contributed by atoms with Crippen LogP contribution in [0.4, 0.5) is 15.8 Å². The van der Waals surface area contributed by atoms with Crippen molar-refractivity contribution in [1.82, 2.24) is 0 Å². The lowest BCUT2D eigenvalue weighted by atomic mass is 10.0. The van der Waals surface area contributed by atoms with Crippen LogP contribution in [0.25, 0.3) is 0 Å². The fraction of sp³-hybridized carbons (Fsp3) is 0.500. The van der Waals surface area contributed by atoms with E-state index in [0.717, 1.165) is 19.4 Å². The maximum Gasteiger partial charge on any atom is 0.148 e. The molecule has 1 aromatic carbocycles. The lowest BCUT2D eigenvalue weighted by Crippen LogP contribution is -2.37. The van der Waals surface area contributed by atoms with Gasteiger partial charge in [0.25, 0.3) is 0 Å². The maximum absolute atomic E-state index is 13.7. The number of anilines is 2. The van der Waals surface area contributed by atoms with Crippen LogP contribution in [0.5, 0.6) is 0 Å². The predicted molar refractivity (Wildman–Crippen MR) is 61.5 cm³/mol. The number of hydrogen-bond acceptors (Lipinski definition) is 2. The Morgan fingerprint density at radius 1 is 1.40 bits per heavy atom. The molecule has 0 bridgehead atoms. The van der Waals surface area contributed by atoms with E-state index in [1.54, 1.807) is 12.1 Å². The van der Waals surface area contributed by atoms with Crippen LogP contribution in [0.1, 0.15) is 26.2 Å². The molecule has 15 heavy (non-hydrogen) atoms. The van der Waals surface area contributed by atoms with Crippen LogP contribution in [0.3, 0.4) is 0 Å². The minimum absolute atomic E-state index is 0.205. The third kappa shape index (κ3) is 2.06. The zero-order chi connectivity index (χ0) is 10.8. The van der Waals surface area contributed by atoms with E-state index in [9.17, 15) is 4.39 Å². The molecular formula is C12H17FN2. The predicted octanol–water partition coefficient (Wildman–Crippen LogP) is 2.79. The van der Waals surface area contributed by atoms with Crippen LogP contribution in [0, 0.1) is 5.82 Å². The summed E-state index contributed by atoms with van der Waals surface area (Å²) in [6.45, 7) is 3.09. The zero-order valence-electron chi connectivity index (χ0n) is 9.04. The van der Waals surface area contributed by atoms with Gasteiger partial charge in [0.1, 0.15) is 5.82 Å². The Kier molecular flexibility index (Phi) is 2.80. The summed E-state index contributed by atoms with van der Waals surface area (Å²) >= 11 is 0. The zero-order valence-corrected chi connectivity index (χ0v) is 9.04. The van der Waals surface area contributed by atoms with Crippen molar-refractivity contribution >= 4 is 11.4 Å². The summed E-state index contributed by atoms with van der Waals surface area (Å²) in [7, 11) is 0. The minimum atomic E-state index is -0.205. The molecule has 3 heteroatoms. The fourth-order valence-electron chi connectivity index (χ4n) is 2.21. The summed E-state index contributed by atoms with van der Waals surface area (Å²) in [4.78, 5) is 2.14. The van der Waals surface area contributed by atoms with Crippen molar-refractivity contribution in [1.29, 1.82) is 0 Å². The summed E-state index contributed by atoms with van der Waals surface area (Å²) in [5.74, 6) is -0.205. The smallest absolute Gasteiger partial charge is 0.148 e. The van der Waals surface area contributed by atoms with Gasteiger partial charge in [0.05, 0.1) is 5.69 Å². The number of benzene rings is 1. The second-order valence-corrected chi connectivity index (χ2v) is 4.25. The van der Waals surface area contributed by atoms with Crippen LogP contribution in [-0.2, 0) is 0 Å². The fourth-order valence-corrected chi connectivity index (χ4v) is 2.21. The van der Waals surface area contributed by atoms with Gasteiger partial charge in [-0.15, -0.1) is 0 Å². The van der Waals surface area contributed by atoms with Crippen LogP contribution in [-0.4, -0.2) is 12.6 Å². The number of piperidine rings is 1. The molecule has 0 spiro atoms. The molecule has 1 aliphatic rings. The Labute approximate surface area is 89.9 Å². The quantitative estimate of drug-likeness (QED) is 0.719. The van der Waals surface area contributed by atoms with Crippen LogP contribution in [0.15, 0.2) is 18.2 Å². The SMILES string of the molecule is C[C@H]1CCCCN1c1ccc(N)cc1F. The summed E-state index contributed by atoms with van der Waals surface area (Å²) in [6.07, 6.45) is 3.53. The second-order valence-electron chi connectivity index (χ2n) is 4.25. The topological polar surface area (TPSA) is 29.3 Å². The Hall–Kier alpha value is -1.25. The second kappa shape index (κ2) is 4.09. The van der Waals surface area contributed by atoms with E-state index < -0.39 is 0 Å². The highest BCUT2D eigenvalue weighted by Gasteiger charge is 2.20. The van der Waals surface area contributed by atoms with Crippen LogP contribution < -0.4 is 10.6 Å². The minimum Gasteiger partial charge on any atom is -0.399 e. The molecule has 1 heterocycles. The van der Waals surface area contributed by atoms with E-state index >= 15 is 0 Å². The molecule has 2 nitrogen and oxygen atoms in total. The molecule has 1 aromatic rings. The molecule has 0 unspecified atom stereocenters. The highest BCUT2D eigenvalue weighted by molar-refractivity contribution is 5.55. The summed E-state index contributed by atoms with van der Waals surface area (Å²) in [5, 5.41) is 0. The Morgan fingerprint density at radius 2 is 2.20 bits per heavy atom. The Balaban J connectivity index is 2.27. The molecular weight excluding hydrogens is 191 g/mol. The molecule has 0 saturated carbocycles. The molecule has 0 radical (unpaired) electrons. The van der Waals surface area contributed by atoms with E-state index in [-0.39, 0.29) is 5.82 Å². The van der Waals surface area contributed by atoms with Gasteiger partial charge in [-0.3, -0.25) is 0 Å². The van der Waals surface area contributed by atoms with Gasteiger partial charge in [-0.05, 0) is 44.4 Å². The first-order valence-corrected chi connectivity index (χ1v) is 5.50. The van der Waals surface area contributed by atoms with Crippen molar-refractivity contribution in [3.63, 3.8) is 0 Å². The average molecular weight is 208 g/mol. The summed E-state index contributed by atoms with van der Waals surface area (Å²) in [5.41, 5.74) is 6.71. The van der Waals surface area contributed by atoms with Gasteiger partial charge in [-0.1, -0.05) is 0 Å². The van der Waals surface area contributed by atoms with Gasteiger partial charge in [0.2, 0.25) is 0 Å². The van der Waals surface area contributed by atoms with Gasteiger partial charge >= 0.3 is 0 Å². The summed E-state index contributed by atoms with van der Waals surface area (Å²) in [6, 6.07) is 5.37. The number of hydrogen-bond donors (Lipinski definition) is 1. The molecule has 1 saturated heterocycles. The third-order valence-corrected chi connectivity index (χ3v) is 3.08. The van der Waals surface area contributed by atoms with E-state index in [1.165, 1.54) is 12.5 Å². The molecule has 1 atom stereocenters. The van der Waals surface area contributed by atoms with Crippen molar-refractivity contribution in [3.8, 4) is 0 Å². The average Bonchev–Trinajstić information content (AvgIpc) is 2.20. The standard InChI is InChI=1S/C12H17FN2/c1-9-4-2-3-7-15(9)12-6-5-10(14)8-11(12)13/h5-6,8-9H,2-4,7,14H2,1H3/t9-/m0/s1. The summed E-state index contributed by atoms with van der Waals surface area (Å²) < 4.78 is 13.7. The largest absolute Gasteiger partial charge is 0.399 e. The lowest BCUT2D eigenvalue weighted by Gasteiger charge is -2.35. The first kappa shape index (κ1) is 10.3. The van der Waals surface area contributed by atoms with Crippen molar-refractivity contribution in [2.24, 2.45) is 0 Å². The highest BCUT2D eigenvalue weighted by atomic mass is 19.1. The highest BCUT2D eigenvalue weighted by Crippen LogP contribution is 2.27. The Morgan fingerprint density at radius 3 is 2.87 bits per heavy atom. The molecule has 2 N–H and O–H groups in total. The van der Waals surface area contributed by atoms with Gasteiger partial charge in [0, 0.05) is 18.3 Å². The number of rotatable bonds is 1. The maximum atomic E-state index is 13.7. The van der Waals surface area contributed by atoms with Crippen molar-refractivity contribution in [2.45, 2.75) is 32.2 Å². The van der Waals surface area contributed by atoms with E-state index in [4.69, 9.17) is 5.73 Å². The molecule has 0 amide bonds. The Bertz CT molecular complexity index is 351. The van der Waals surface area contributed by atoms with Crippen LogP contribution >= 0.6 is 0 Å². The third-order valence-electron chi connectivity index (χ3n) is 3.08. The number of halogens is 1. The van der Waals surface area contributed by atoms with E-state index in [0.29, 0.717) is 17.4 Å². The van der Waals surface area contributed by atoms with E-state index in [2.05, 4.69) is 11.8 Å². The van der Waals surface area contributed by atoms with Crippen molar-refractivity contribution in [3.05, 3.63) is 24.0 Å². The number of nitrogens with zero attached hydrogens (tertiary/aromatic N) is 1. The molecule has 1 fully saturated rings. The van der Waals surface area contributed by atoms with Gasteiger partial charge in [-0.2, -0.15) is 0 Å². The van der Waals surface area contributed by atoms with Gasteiger partial charge in [0.15, 0.2) is 0 Å². The van der Waals surface area contributed by atoms with Crippen LogP contribution in [0.2, 0.25) is 0 Å². The number of nitrogen functional groups attached to an aromatic ring is 1. The molecule has 82 valence electrons. The normalized spacial score (nSPS) is 21.7. The first-order chi connectivity index (χ1) is 7.18. The van der Waals surface area contributed by atoms with Crippen molar-refractivity contribution < 1.29 is 4.39 Å². The molecule has 0 aromatic heterocycles. The lowest BCUT2D eigenvalue weighted by molar-refractivity contribution is 0.476. The monoisotopic (exact) mass is 208 g/mol. The first-order valence-electron chi connectivity index (χ1n) is 5.50. The number of nitrogens with two attached hydrogens (primary N) is 1. The van der Waals surface area contributed by atoms with Crippen molar-refractivity contribution in [2.75, 3.05) is 17.2 Å². The van der Waals surface area contributed by atoms with Gasteiger partial charge < -0.3 is 10.6 Å². The molecule has 2 rings (SSSR count). The molecule has 0 aliphatic carbocycles. The van der Waals surface area contributed by atoms with E-state index in [1.807, 2.05) is 0 Å². The van der Waals surface area contributed by atoms with Gasteiger partial charge in [-0.25, -0.2) is 4.39 Å².